The maximum absolute atomic E-state index is 12.2. The van der Waals surface area contributed by atoms with Gasteiger partial charge in [-0.05, 0) is 49.9 Å². The van der Waals surface area contributed by atoms with Crippen LogP contribution in [0.4, 0.5) is 0 Å². The minimum atomic E-state index is 0.0463. The Balaban J connectivity index is 1.58. The molecular formula is C16H23N3O. The summed E-state index contributed by atoms with van der Waals surface area (Å²) in [7, 11) is 0. The fourth-order valence-corrected chi connectivity index (χ4v) is 3.42. The van der Waals surface area contributed by atoms with E-state index in [1.54, 1.807) is 0 Å². The molecular weight excluding hydrogens is 250 g/mol. The number of fused-ring (bicyclic) bond motifs is 1. The molecule has 108 valence electrons. The molecule has 0 radical (unpaired) electrons. The molecule has 2 aliphatic rings. The van der Waals surface area contributed by atoms with Gasteiger partial charge in [0.25, 0.3) is 5.91 Å². The molecule has 3 N–H and O–H groups in total. The van der Waals surface area contributed by atoms with Crippen molar-refractivity contribution in [3.05, 3.63) is 35.4 Å². The first-order valence-electron chi connectivity index (χ1n) is 7.60. The van der Waals surface area contributed by atoms with Crippen LogP contribution >= 0.6 is 0 Å². The van der Waals surface area contributed by atoms with Crippen LogP contribution in [0, 0.1) is 0 Å². The standard InChI is InChI=1S/C16H23N3O/c17-11-12-3-5-13(6-4-12)16(20)18-14-7-9-19-8-1-2-15(19)10-14/h3-6,14-15H,1-2,7-11,17H2,(H,18,20). The average Bonchev–Trinajstić information content (AvgIpc) is 2.95. The van der Waals surface area contributed by atoms with Gasteiger partial charge in [-0.25, -0.2) is 0 Å². The van der Waals surface area contributed by atoms with E-state index in [0.717, 1.165) is 30.5 Å². The monoisotopic (exact) mass is 273 g/mol. The van der Waals surface area contributed by atoms with Crippen molar-refractivity contribution in [2.45, 2.75) is 44.3 Å². The van der Waals surface area contributed by atoms with Gasteiger partial charge in [0.2, 0.25) is 0 Å². The Morgan fingerprint density at radius 3 is 2.80 bits per heavy atom. The molecule has 4 nitrogen and oxygen atoms in total. The number of carbonyl (C=O) groups excluding carboxylic acids is 1. The first-order chi connectivity index (χ1) is 9.76. The van der Waals surface area contributed by atoms with Crippen molar-refractivity contribution in [1.82, 2.24) is 10.2 Å². The molecule has 0 saturated carbocycles. The van der Waals surface area contributed by atoms with Gasteiger partial charge in [0.15, 0.2) is 0 Å². The van der Waals surface area contributed by atoms with Crippen LogP contribution in [0.15, 0.2) is 24.3 Å². The lowest BCUT2D eigenvalue weighted by atomic mass is 9.97. The van der Waals surface area contributed by atoms with Crippen LogP contribution < -0.4 is 11.1 Å². The quantitative estimate of drug-likeness (QED) is 0.877. The van der Waals surface area contributed by atoms with E-state index in [-0.39, 0.29) is 5.91 Å². The van der Waals surface area contributed by atoms with E-state index >= 15 is 0 Å². The number of nitrogens with two attached hydrogens (primary N) is 1. The summed E-state index contributed by atoms with van der Waals surface area (Å²) < 4.78 is 0. The predicted molar refractivity (Wildman–Crippen MR) is 79.4 cm³/mol. The summed E-state index contributed by atoms with van der Waals surface area (Å²) in [5, 5.41) is 3.19. The fraction of sp³-hybridized carbons (Fsp3) is 0.562. The number of nitrogens with one attached hydrogen (secondary N) is 1. The third-order valence-electron chi connectivity index (χ3n) is 4.61. The van der Waals surface area contributed by atoms with Crippen LogP contribution in [0.5, 0.6) is 0 Å². The first kappa shape index (κ1) is 13.6. The van der Waals surface area contributed by atoms with Crippen LogP contribution in [-0.4, -0.2) is 36.0 Å². The molecule has 3 rings (SSSR count). The molecule has 2 saturated heterocycles. The summed E-state index contributed by atoms with van der Waals surface area (Å²) in [6, 6.07) is 8.60. The summed E-state index contributed by atoms with van der Waals surface area (Å²) in [6.07, 6.45) is 4.78. The predicted octanol–water partition coefficient (Wildman–Crippen LogP) is 1.50. The van der Waals surface area contributed by atoms with Crippen LogP contribution in [0.1, 0.15) is 41.6 Å². The fourth-order valence-electron chi connectivity index (χ4n) is 3.42. The zero-order valence-electron chi connectivity index (χ0n) is 11.8. The first-order valence-corrected chi connectivity index (χ1v) is 7.60. The van der Waals surface area contributed by atoms with E-state index in [1.807, 2.05) is 24.3 Å². The van der Waals surface area contributed by atoms with Crippen molar-refractivity contribution in [2.75, 3.05) is 13.1 Å². The summed E-state index contributed by atoms with van der Waals surface area (Å²) in [4.78, 5) is 14.8. The van der Waals surface area contributed by atoms with Crippen molar-refractivity contribution >= 4 is 5.91 Å². The Morgan fingerprint density at radius 1 is 1.25 bits per heavy atom. The van der Waals surface area contributed by atoms with Gasteiger partial charge in [-0.3, -0.25) is 4.79 Å². The number of hydrogen-bond donors (Lipinski definition) is 2. The van der Waals surface area contributed by atoms with E-state index in [1.165, 1.54) is 19.4 Å². The Kier molecular flexibility index (Phi) is 4.03. The van der Waals surface area contributed by atoms with E-state index in [0.29, 0.717) is 18.6 Å². The Bertz CT molecular complexity index is 471. The Morgan fingerprint density at radius 2 is 2.05 bits per heavy atom. The average molecular weight is 273 g/mol. The minimum Gasteiger partial charge on any atom is -0.349 e. The highest BCUT2D eigenvalue weighted by Crippen LogP contribution is 2.26. The molecule has 0 aromatic heterocycles. The molecule has 2 unspecified atom stereocenters. The number of piperidine rings is 1. The molecule has 1 amide bonds. The number of benzene rings is 1. The van der Waals surface area contributed by atoms with Gasteiger partial charge in [-0.2, -0.15) is 0 Å². The maximum atomic E-state index is 12.2. The Labute approximate surface area is 120 Å². The topological polar surface area (TPSA) is 58.4 Å². The Hall–Kier alpha value is -1.39. The molecule has 1 aromatic carbocycles. The van der Waals surface area contributed by atoms with E-state index in [4.69, 9.17) is 5.73 Å². The number of hydrogen-bond acceptors (Lipinski definition) is 3. The SMILES string of the molecule is NCc1ccc(C(=O)NC2CCN3CCCC3C2)cc1. The second-order valence-electron chi connectivity index (χ2n) is 5.93. The third-order valence-corrected chi connectivity index (χ3v) is 4.61. The van der Waals surface area contributed by atoms with Gasteiger partial charge < -0.3 is 16.0 Å². The van der Waals surface area contributed by atoms with Crippen molar-refractivity contribution in [3.63, 3.8) is 0 Å². The number of carbonyl (C=O) groups is 1. The molecule has 20 heavy (non-hydrogen) atoms. The molecule has 1 aromatic rings. The summed E-state index contributed by atoms with van der Waals surface area (Å²) in [5.41, 5.74) is 7.36. The molecule has 4 heteroatoms. The van der Waals surface area contributed by atoms with Crippen molar-refractivity contribution in [2.24, 2.45) is 5.73 Å². The molecule has 0 spiro atoms. The lowest BCUT2D eigenvalue weighted by Crippen LogP contribution is -2.47. The van der Waals surface area contributed by atoms with Gasteiger partial charge in [0, 0.05) is 30.7 Å². The highest BCUT2D eigenvalue weighted by Gasteiger charge is 2.32. The smallest absolute Gasteiger partial charge is 0.251 e. The van der Waals surface area contributed by atoms with Gasteiger partial charge in [-0.1, -0.05) is 12.1 Å². The van der Waals surface area contributed by atoms with Crippen LogP contribution in [-0.2, 0) is 6.54 Å². The molecule has 2 aliphatic heterocycles. The van der Waals surface area contributed by atoms with Crippen LogP contribution in [0.25, 0.3) is 0 Å². The lowest BCUT2D eigenvalue weighted by Gasteiger charge is -2.35. The lowest BCUT2D eigenvalue weighted by molar-refractivity contribution is 0.0896. The summed E-state index contributed by atoms with van der Waals surface area (Å²) in [6.45, 7) is 2.88. The van der Waals surface area contributed by atoms with Crippen molar-refractivity contribution in [3.8, 4) is 0 Å². The van der Waals surface area contributed by atoms with Crippen LogP contribution in [0.3, 0.4) is 0 Å². The molecule has 2 atom stereocenters. The zero-order chi connectivity index (χ0) is 13.9. The number of rotatable bonds is 3. The molecule has 2 fully saturated rings. The van der Waals surface area contributed by atoms with Gasteiger partial charge >= 0.3 is 0 Å². The second-order valence-corrected chi connectivity index (χ2v) is 5.93. The van der Waals surface area contributed by atoms with E-state index in [2.05, 4.69) is 10.2 Å². The van der Waals surface area contributed by atoms with Gasteiger partial charge in [0.1, 0.15) is 0 Å². The normalized spacial score (nSPS) is 26.2. The molecule has 0 bridgehead atoms. The van der Waals surface area contributed by atoms with Crippen molar-refractivity contribution in [1.29, 1.82) is 0 Å². The second kappa shape index (κ2) is 5.94. The van der Waals surface area contributed by atoms with Gasteiger partial charge in [-0.15, -0.1) is 0 Å². The third kappa shape index (κ3) is 2.86. The van der Waals surface area contributed by atoms with E-state index in [9.17, 15) is 4.79 Å². The maximum Gasteiger partial charge on any atom is 0.251 e. The van der Waals surface area contributed by atoms with Crippen molar-refractivity contribution < 1.29 is 4.79 Å². The highest BCUT2D eigenvalue weighted by atomic mass is 16.1. The van der Waals surface area contributed by atoms with E-state index < -0.39 is 0 Å². The number of amides is 1. The highest BCUT2D eigenvalue weighted by molar-refractivity contribution is 5.94. The zero-order valence-corrected chi connectivity index (χ0v) is 11.8. The minimum absolute atomic E-state index is 0.0463. The largest absolute Gasteiger partial charge is 0.349 e. The summed E-state index contributed by atoms with van der Waals surface area (Å²) in [5.74, 6) is 0.0463. The van der Waals surface area contributed by atoms with Crippen LogP contribution in [0.2, 0.25) is 0 Å². The number of nitrogens with zero attached hydrogens (tertiary/aromatic N) is 1. The van der Waals surface area contributed by atoms with Gasteiger partial charge in [0.05, 0.1) is 0 Å². The molecule has 2 heterocycles. The summed E-state index contributed by atoms with van der Waals surface area (Å²) >= 11 is 0. The molecule has 0 aliphatic carbocycles.